The van der Waals surface area contributed by atoms with Crippen molar-refractivity contribution in [1.29, 1.82) is 0 Å². The van der Waals surface area contributed by atoms with Crippen molar-refractivity contribution >= 4 is 11.9 Å². The zero-order valence-corrected chi connectivity index (χ0v) is 11.3. The molecule has 1 aromatic rings. The molecule has 5 nitrogen and oxygen atoms in total. The lowest BCUT2D eigenvalue weighted by Gasteiger charge is -2.14. The molecule has 0 saturated carbocycles. The molecule has 1 heterocycles. The fourth-order valence-electron chi connectivity index (χ4n) is 2.56. The molecule has 1 aromatic carbocycles. The van der Waals surface area contributed by atoms with E-state index >= 15 is 0 Å². The summed E-state index contributed by atoms with van der Waals surface area (Å²) in [6.07, 6.45) is 2.58. The largest absolute Gasteiger partial charge is 0.481 e. The summed E-state index contributed by atoms with van der Waals surface area (Å²) >= 11 is 0. The zero-order chi connectivity index (χ0) is 14.5. The van der Waals surface area contributed by atoms with Gasteiger partial charge in [0.15, 0.2) is 0 Å². The Labute approximate surface area is 117 Å². The van der Waals surface area contributed by atoms with Crippen molar-refractivity contribution in [2.45, 2.75) is 19.3 Å². The van der Waals surface area contributed by atoms with Crippen LogP contribution in [0.25, 0.3) is 0 Å². The highest BCUT2D eigenvalue weighted by molar-refractivity contribution is 5.87. The third-order valence-corrected chi connectivity index (χ3v) is 3.76. The van der Waals surface area contributed by atoms with E-state index in [9.17, 15) is 9.59 Å². The van der Waals surface area contributed by atoms with Gasteiger partial charge >= 0.3 is 11.9 Å². The Morgan fingerprint density at radius 2 is 1.90 bits per heavy atom. The molecule has 2 N–H and O–H groups in total. The number of likely N-dealkylation sites (tertiary alicyclic amines) is 1. The van der Waals surface area contributed by atoms with E-state index < -0.39 is 11.9 Å². The number of hydrogen-bond acceptors (Lipinski definition) is 3. The SMILES string of the molecule is O=C(O)c1ccc(CCCN2CCC(C(=O)O)C2)cc1. The van der Waals surface area contributed by atoms with Crippen LogP contribution >= 0.6 is 0 Å². The fourth-order valence-corrected chi connectivity index (χ4v) is 2.56. The third kappa shape index (κ3) is 3.81. The van der Waals surface area contributed by atoms with Crippen LogP contribution in [0.2, 0.25) is 0 Å². The molecule has 0 amide bonds. The van der Waals surface area contributed by atoms with Crippen molar-refractivity contribution in [3.8, 4) is 0 Å². The van der Waals surface area contributed by atoms with E-state index in [1.165, 1.54) is 0 Å². The van der Waals surface area contributed by atoms with E-state index in [2.05, 4.69) is 4.90 Å². The van der Waals surface area contributed by atoms with Gasteiger partial charge in [0.25, 0.3) is 0 Å². The molecule has 0 aliphatic carbocycles. The Morgan fingerprint density at radius 3 is 2.45 bits per heavy atom. The summed E-state index contributed by atoms with van der Waals surface area (Å²) in [7, 11) is 0. The number of hydrogen-bond donors (Lipinski definition) is 2. The maximum atomic E-state index is 10.9. The Bertz CT molecular complexity index is 483. The molecular weight excluding hydrogens is 258 g/mol. The van der Waals surface area contributed by atoms with Crippen LogP contribution in [0.15, 0.2) is 24.3 Å². The molecule has 1 unspecified atom stereocenters. The Balaban J connectivity index is 1.73. The van der Waals surface area contributed by atoms with E-state index in [0.717, 1.165) is 37.9 Å². The first-order chi connectivity index (χ1) is 9.56. The van der Waals surface area contributed by atoms with Crippen molar-refractivity contribution in [1.82, 2.24) is 4.90 Å². The van der Waals surface area contributed by atoms with Crippen molar-refractivity contribution in [2.75, 3.05) is 19.6 Å². The van der Waals surface area contributed by atoms with E-state index in [-0.39, 0.29) is 5.92 Å². The van der Waals surface area contributed by atoms with Crippen LogP contribution in [0.5, 0.6) is 0 Å². The highest BCUT2D eigenvalue weighted by Gasteiger charge is 2.27. The minimum Gasteiger partial charge on any atom is -0.481 e. The molecule has 2 rings (SSSR count). The lowest BCUT2D eigenvalue weighted by molar-refractivity contribution is -0.141. The van der Waals surface area contributed by atoms with Crippen molar-refractivity contribution in [2.24, 2.45) is 5.92 Å². The lowest BCUT2D eigenvalue weighted by Crippen LogP contribution is -2.24. The molecule has 0 bridgehead atoms. The highest BCUT2D eigenvalue weighted by Crippen LogP contribution is 2.17. The molecule has 0 spiro atoms. The van der Waals surface area contributed by atoms with Gasteiger partial charge < -0.3 is 15.1 Å². The predicted molar refractivity (Wildman–Crippen MR) is 73.9 cm³/mol. The minimum atomic E-state index is -0.909. The molecule has 5 heteroatoms. The number of carboxylic acids is 2. The number of carbonyl (C=O) groups is 2. The summed E-state index contributed by atoms with van der Waals surface area (Å²) in [4.78, 5) is 23.8. The van der Waals surface area contributed by atoms with Gasteiger partial charge in [-0.1, -0.05) is 12.1 Å². The van der Waals surface area contributed by atoms with Crippen LogP contribution in [0.3, 0.4) is 0 Å². The number of benzene rings is 1. The van der Waals surface area contributed by atoms with Crippen molar-refractivity contribution < 1.29 is 19.8 Å². The van der Waals surface area contributed by atoms with Crippen LogP contribution in [-0.4, -0.2) is 46.7 Å². The van der Waals surface area contributed by atoms with E-state index in [1.54, 1.807) is 12.1 Å². The van der Waals surface area contributed by atoms with Gasteiger partial charge in [-0.05, 0) is 50.0 Å². The van der Waals surface area contributed by atoms with E-state index in [4.69, 9.17) is 10.2 Å². The van der Waals surface area contributed by atoms with E-state index in [1.807, 2.05) is 12.1 Å². The number of aryl methyl sites for hydroxylation is 1. The molecule has 108 valence electrons. The lowest BCUT2D eigenvalue weighted by atomic mass is 10.1. The third-order valence-electron chi connectivity index (χ3n) is 3.76. The molecule has 0 aromatic heterocycles. The second kappa shape index (κ2) is 6.52. The van der Waals surface area contributed by atoms with Gasteiger partial charge in [0.2, 0.25) is 0 Å². The number of nitrogens with zero attached hydrogens (tertiary/aromatic N) is 1. The van der Waals surface area contributed by atoms with Gasteiger partial charge in [0.1, 0.15) is 0 Å². The van der Waals surface area contributed by atoms with Crippen LogP contribution in [0.4, 0.5) is 0 Å². The van der Waals surface area contributed by atoms with Crippen LogP contribution in [0, 0.1) is 5.92 Å². The van der Waals surface area contributed by atoms with Crippen molar-refractivity contribution in [3.63, 3.8) is 0 Å². The van der Waals surface area contributed by atoms with Gasteiger partial charge in [-0.2, -0.15) is 0 Å². The van der Waals surface area contributed by atoms with Gasteiger partial charge in [-0.15, -0.1) is 0 Å². The first kappa shape index (κ1) is 14.5. The Morgan fingerprint density at radius 1 is 1.20 bits per heavy atom. The van der Waals surface area contributed by atoms with Gasteiger partial charge in [-0.25, -0.2) is 4.79 Å². The number of rotatable bonds is 6. The molecule has 1 atom stereocenters. The van der Waals surface area contributed by atoms with Crippen LogP contribution < -0.4 is 0 Å². The fraction of sp³-hybridized carbons (Fsp3) is 0.467. The molecule has 20 heavy (non-hydrogen) atoms. The maximum Gasteiger partial charge on any atom is 0.335 e. The molecule has 1 aliphatic heterocycles. The average molecular weight is 277 g/mol. The zero-order valence-electron chi connectivity index (χ0n) is 11.3. The maximum absolute atomic E-state index is 10.9. The standard InChI is InChI=1S/C15H19NO4/c17-14(18)12-5-3-11(4-6-12)2-1-8-16-9-7-13(10-16)15(19)20/h3-6,13H,1-2,7-10H2,(H,17,18)(H,19,20). The number of aliphatic carboxylic acids is 1. The average Bonchev–Trinajstić information content (AvgIpc) is 2.88. The predicted octanol–water partition coefficient (Wildman–Crippen LogP) is 1.72. The second-order valence-corrected chi connectivity index (χ2v) is 5.23. The monoisotopic (exact) mass is 277 g/mol. The Kier molecular flexibility index (Phi) is 4.74. The summed E-state index contributed by atoms with van der Waals surface area (Å²) in [5.74, 6) is -1.82. The molecular formula is C15H19NO4. The second-order valence-electron chi connectivity index (χ2n) is 5.23. The molecule has 1 fully saturated rings. The highest BCUT2D eigenvalue weighted by atomic mass is 16.4. The summed E-state index contributed by atoms with van der Waals surface area (Å²) in [6.45, 7) is 2.40. The summed E-state index contributed by atoms with van der Waals surface area (Å²) in [6, 6.07) is 6.92. The van der Waals surface area contributed by atoms with Crippen LogP contribution in [-0.2, 0) is 11.2 Å². The Hall–Kier alpha value is -1.88. The minimum absolute atomic E-state index is 0.218. The normalized spacial score (nSPS) is 19.1. The summed E-state index contributed by atoms with van der Waals surface area (Å²) in [5.41, 5.74) is 1.42. The van der Waals surface area contributed by atoms with E-state index in [0.29, 0.717) is 12.1 Å². The summed E-state index contributed by atoms with van der Waals surface area (Å²) in [5, 5.41) is 17.7. The molecule has 1 aliphatic rings. The first-order valence-electron chi connectivity index (χ1n) is 6.83. The van der Waals surface area contributed by atoms with Crippen molar-refractivity contribution in [3.05, 3.63) is 35.4 Å². The number of aromatic carboxylic acids is 1. The van der Waals surface area contributed by atoms with Gasteiger partial charge in [0, 0.05) is 6.54 Å². The topological polar surface area (TPSA) is 77.8 Å². The van der Waals surface area contributed by atoms with Crippen LogP contribution in [0.1, 0.15) is 28.8 Å². The first-order valence-corrected chi connectivity index (χ1v) is 6.83. The van der Waals surface area contributed by atoms with Gasteiger partial charge in [0.05, 0.1) is 11.5 Å². The molecule has 1 saturated heterocycles. The smallest absolute Gasteiger partial charge is 0.335 e. The number of carboxylic acid groups (broad SMARTS) is 2. The quantitative estimate of drug-likeness (QED) is 0.828. The van der Waals surface area contributed by atoms with Gasteiger partial charge in [-0.3, -0.25) is 4.79 Å². The summed E-state index contributed by atoms with van der Waals surface area (Å²) < 4.78 is 0. The molecule has 0 radical (unpaired) electrons.